The molecule has 3 rings (SSSR count). The number of nitrogens with zero attached hydrogens (tertiary/aromatic N) is 1. The van der Waals surface area contributed by atoms with E-state index in [1.807, 2.05) is 0 Å². The van der Waals surface area contributed by atoms with Gasteiger partial charge in [-0.25, -0.2) is 12.8 Å². The molecule has 0 radical (unpaired) electrons. The molecular formula is C18H21FN2O3S2. The Morgan fingerprint density at radius 3 is 2.88 bits per heavy atom. The monoisotopic (exact) mass is 396 g/mol. The molecule has 2 aromatic rings. The molecule has 1 aliphatic heterocycles. The number of aryl methyl sites for hydroxylation is 1. The summed E-state index contributed by atoms with van der Waals surface area (Å²) < 4.78 is 40.3. The molecule has 1 saturated heterocycles. The molecule has 1 aliphatic rings. The van der Waals surface area contributed by atoms with E-state index in [9.17, 15) is 17.6 Å². The van der Waals surface area contributed by atoms with E-state index in [1.165, 1.54) is 21.7 Å². The standard InChI is InChI=1S/C18H21FN2O3S2/c1-13-10-14(6-7-16(13)19)11-20-18(22)15-4-2-8-21(12-15)26(23,24)17-5-3-9-25-17/h3,5-7,9-10,15H,2,4,8,11-12H2,1H3,(H,20,22). The van der Waals surface area contributed by atoms with Crippen molar-refractivity contribution >= 4 is 27.3 Å². The maximum atomic E-state index is 13.3. The zero-order chi connectivity index (χ0) is 18.7. The van der Waals surface area contributed by atoms with Gasteiger partial charge in [0.1, 0.15) is 10.0 Å². The van der Waals surface area contributed by atoms with Gasteiger partial charge in [0.05, 0.1) is 5.92 Å². The van der Waals surface area contributed by atoms with Crippen LogP contribution in [0.3, 0.4) is 0 Å². The van der Waals surface area contributed by atoms with Gasteiger partial charge in [0.2, 0.25) is 5.91 Å². The number of hydrogen-bond donors (Lipinski definition) is 1. The molecule has 0 bridgehead atoms. The van der Waals surface area contributed by atoms with Crippen LogP contribution < -0.4 is 5.32 Å². The fourth-order valence-corrected chi connectivity index (χ4v) is 5.73. The van der Waals surface area contributed by atoms with Gasteiger partial charge in [0.25, 0.3) is 10.0 Å². The van der Waals surface area contributed by atoms with Gasteiger partial charge in [-0.3, -0.25) is 4.79 Å². The highest BCUT2D eigenvalue weighted by atomic mass is 32.2. The van der Waals surface area contributed by atoms with Gasteiger partial charge >= 0.3 is 0 Å². The second-order valence-corrected chi connectivity index (χ2v) is 9.55. The number of carbonyl (C=O) groups excluding carboxylic acids is 1. The first-order valence-corrected chi connectivity index (χ1v) is 10.8. The van der Waals surface area contributed by atoms with Gasteiger partial charge in [-0.2, -0.15) is 4.31 Å². The van der Waals surface area contributed by atoms with Gasteiger partial charge in [-0.1, -0.05) is 18.2 Å². The second kappa shape index (κ2) is 7.85. The topological polar surface area (TPSA) is 66.5 Å². The van der Waals surface area contributed by atoms with Gasteiger partial charge in [0.15, 0.2) is 0 Å². The summed E-state index contributed by atoms with van der Waals surface area (Å²) in [5, 5.41) is 4.57. The fourth-order valence-electron chi connectivity index (χ4n) is 3.06. The minimum absolute atomic E-state index is 0.168. The Labute approximate surface area is 156 Å². The van der Waals surface area contributed by atoms with E-state index in [0.29, 0.717) is 35.7 Å². The molecule has 1 fully saturated rings. The average Bonchev–Trinajstić information content (AvgIpc) is 3.18. The van der Waals surface area contributed by atoms with Crippen molar-refractivity contribution in [3.05, 3.63) is 52.7 Å². The average molecular weight is 397 g/mol. The summed E-state index contributed by atoms with van der Waals surface area (Å²) in [6, 6.07) is 8.00. The van der Waals surface area contributed by atoms with E-state index in [-0.39, 0.29) is 24.2 Å². The molecule has 140 valence electrons. The van der Waals surface area contributed by atoms with Crippen molar-refractivity contribution in [2.75, 3.05) is 13.1 Å². The van der Waals surface area contributed by atoms with Crippen LogP contribution in [-0.2, 0) is 21.4 Å². The van der Waals surface area contributed by atoms with Crippen LogP contribution in [0.25, 0.3) is 0 Å². The molecule has 5 nitrogen and oxygen atoms in total. The molecular weight excluding hydrogens is 375 g/mol. The normalized spacial score (nSPS) is 18.6. The highest BCUT2D eigenvalue weighted by molar-refractivity contribution is 7.91. The van der Waals surface area contributed by atoms with E-state index in [1.54, 1.807) is 36.6 Å². The number of hydrogen-bond acceptors (Lipinski definition) is 4. The van der Waals surface area contributed by atoms with Gasteiger partial charge in [0, 0.05) is 19.6 Å². The molecule has 0 aliphatic carbocycles. The zero-order valence-electron chi connectivity index (χ0n) is 14.4. The van der Waals surface area contributed by atoms with Gasteiger partial charge in [-0.05, 0) is 48.4 Å². The Kier molecular flexibility index (Phi) is 5.74. The number of rotatable bonds is 5. The van der Waals surface area contributed by atoms with Gasteiger partial charge < -0.3 is 5.32 Å². The highest BCUT2D eigenvalue weighted by Crippen LogP contribution is 2.26. The molecule has 1 aromatic carbocycles. The van der Waals surface area contributed by atoms with Crippen LogP contribution in [0.2, 0.25) is 0 Å². The number of nitrogens with one attached hydrogen (secondary N) is 1. The lowest BCUT2D eigenvalue weighted by Crippen LogP contribution is -2.45. The van der Waals surface area contributed by atoms with Crippen molar-refractivity contribution in [1.29, 1.82) is 0 Å². The van der Waals surface area contributed by atoms with E-state index in [2.05, 4.69) is 5.32 Å². The number of sulfonamides is 1. The summed E-state index contributed by atoms with van der Waals surface area (Å²) in [6.45, 7) is 2.60. The number of thiophene rings is 1. The third-order valence-electron chi connectivity index (χ3n) is 4.53. The maximum Gasteiger partial charge on any atom is 0.252 e. The Balaban J connectivity index is 1.62. The summed E-state index contributed by atoms with van der Waals surface area (Å²) in [5.41, 5.74) is 1.35. The molecule has 1 N–H and O–H groups in total. The molecule has 1 amide bonds. The van der Waals surface area contributed by atoms with Gasteiger partial charge in [-0.15, -0.1) is 11.3 Å². The Morgan fingerprint density at radius 2 is 2.19 bits per heavy atom. The van der Waals surface area contributed by atoms with Crippen LogP contribution >= 0.6 is 11.3 Å². The van der Waals surface area contributed by atoms with E-state index in [4.69, 9.17) is 0 Å². The Hall–Kier alpha value is -1.77. The molecule has 0 saturated carbocycles. The number of piperidine rings is 1. The zero-order valence-corrected chi connectivity index (χ0v) is 16.1. The Morgan fingerprint density at radius 1 is 1.38 bits per heavy atom. The summed E-state index contributed by atoms with van der Waals surface area (Å²) in [4.78, 5) is 12.5. The van der Waals surface area contributed by atoms with Crippen LogP contribution in [0.1, 0.15) is 24.0 Å². The first-order valence-electron chi connectivity index (χ1n) is 8.44. The highest BCUT2D eigenvalue weighted by Gasteiger charge is 2.33. The van der Waals surface area contributed by atoms with Crippen molar-refractivity contribution in [3.8, 4) is 0 Å². The summed E-state index contributed by atoms with van der Waals surface area (Å²) >= 11 is 1.18. The first-order chi connectivity index (χ1) is 12.4. The quantitative estimate of drug-likeness (QED) is 0.845. The van der Waals surface area contributed by atoms with Crippen molar-refractivity contribution in [2.24, 2.45) is 5.92 Å². The number of halogens is 1. The van der Waals surface area contributed by atoms with Crippen molar-refractivity contribution in [2.45, 2.75) is 30.5 Å². The number of amides is 1. The molecule has 1 aromatic heterocycles. The predicted molar refractivity (Wildman–Crippen MR) is 98.8 cm³/mol. The minimum Gasteiger partial charge on any atom is -0.352 e. The van der Waals surface area contributed by atoms with Crippen LogP contribution in [0.4, 0.5) is 4.39 Å². The molecule has 1 unspecified atom stereocenters. The number of benzene rings is 1. The van der Waals surface area contributed by atoms with Crippen LogP contribution in [0, 0.1) is 18.7 Å². The van der Waals surface area contributed by atoms with E-state index in [0.717, 1.165) is 5.56 Å². The third-order valence-corrected chi connectivity index (χ3v) is 7.77. The molecule has 8 heteroatoms. The van der Waals surface area contributed by atoms with Crippen molar-refractivity contribution in [1.82, 2.24) is 9.62 Å². The summed E-state index contributed by atoms with van der Waals surface area (Å²) in [7, 11) is -3.53. The number of carbonyl (C=O) groups is 1. The van der Waals surface area contributed by atoms with Crippen molar-refractivity contribution < 1.29 is 17.6 Å². The van der Waals surface area contributed by atoms with E-state index >= 15 is 0 Å². The minimum atomic E-state index is -3.53. The maximum absolute atomic E-state index is 13.3. The first kappa shape index (κ1) is 19.0. The molecule has 1 atom stereocenters. The molecule has 26 heavy (non-hydrogen) atoms. The summed E-state index contributed by atoms with van der Waals surface area (Å²) in [5.74, 6) is -0.820. The molecule has 2 heterocycles. The second-order valence-electron chi connectivity index (χ2n) is 6.44. The third kappa shape index (κ3) is 4.13. The smallest absolute Gasteiger partial charge is 0.252 e. The van der Waals surface area contributed by atoms with Crippen LogP contribution in [0.15, 0.2) is 39.9 Å². The largest absolute Gasteiger partial charge is 0.352 e. The lowest BCUT2D eigenvalue weighted by atomic mass is 9.98. The lowest BCUT2D eigenvalue weighted by Gasteiger charge is -2.30. The van der Waals surface area contributed by atoms with E-state index < -0.39 is 10.0 Å². The fraction of sp³-hybridized carbons (Fsp3) is 0.389. The SMILES string of the molecule is Cc1cc(CNC(=O)C2CCCN(S(=O)(=O)c3cccs3)C2)ccc1F. The Bertz CT molecular complexity index is 882. The van der Waals surface area contributed by atoms with Crippen LogP contribution in [0.5, 0.6) is 0 Å². The van der Waals surface area contributed by atoms with Crippen LogP contribution in [-0.4, -0.2) is 31.7 Å². The predicted octanol–water partition coefficient (Wildman–Crippen LogP) is 2.91. The van der Waals surface area contributed by atoms with Crippen molar-refractivity contribution in [3.63, 3.8) is 0 Å². The molecule has 0 spiro atoms. The lowest BCUT2D eigenvalue weighted by molar-refractivity contribution is -0.126. The summed E-state index contributed by atoms with van der Waals surface area (Å²) in [6.07, 6.45) is 1.31.